The van der Waals surface area contributed by atoms with E-state index in [0.29, 0.717) is 0 Å². The molecule has 0 rings (SSSR count). The highest BCUT2D eigenvalue weighted by molar-refractivity contribution is 6.70. The van der Waals surface area contributed by atoms with Crippen LogP contribution in [0, 0.1) is 5.92 Å². The van der Waals surface area contributed by atoms with Gasteiger partial charge < -0.3 is 4.43 Å². The first-order valence-corrected chi connectivity index (χ1v) is 12.1. The van der Waals surface area contributed by atoms with Gasteiger partial charge in [0.05, 0.1) is 11.7 Å². The molecular formula is C16H21F13OSi. The van der Waals surface area contributed by atoms with Gasteiger partial charge in [-0.3, -0.25) is 0 Å². The minimum absolute atomic E-state index is 0.156. The van der Waals surface area contributed by atoms with Crippen LogP contribution in [0.3, 0.4) is 0 Å². The Morgan fingerprint density at radius 3 is 1.39 bits per heavy atom. The Morgan fingerprint density at radius 1 is 0.710 bits per heavy atom. The predicted molar refractivity (Wildman–Crippen MR) is 87.4 cm³/mol. The van der Waals surface area contributed by atoms with E-state index in [4.69, 9.17) is 4.43 Å². The third kappa shape index (κ3) is 5.10. The summed E-state index contributed by atoms with van der Waals surface area (Å²) in [5, 5.41) is 0. The highest BCUT2D eigenvalue weighted by atomic mass is 28.4. The van der Waals surface area contributed by atoms with Crippen LogP contribution in [0.25, 0.3) is 0 Å². The summed E-state index contributed by atoms with van der Waals surface area (Å²) in [6.45, 7) is 6.22. The SMILES string of the molecule is CC/C=C(\O[Si](C)(C)C)C(CC)C(F)(F)C(F)(F)C(F)(F)C(F)(F)C(F)(F)C(F)(F)F. The first-order valence-electron chi connectivity index (χ1n) is 8.71. The quantitative estimate of drug-likeness (QED) is 0.167. The zero-order valence-electron chi connectivity index (χ0n) is 16.9. The zero-order valence-corrected chi connectivity index (χ0v) is 17.9. The lowest BCUT2D eigenvalue weighted by molar-refractivity contribution is -0.442. The average molecular weight is 504 g/mol. The van der Waals surface area contributed by atoms with Crippen molar-refractivity contribution < 1.29 is 61.5 Å². The summed E-state index contributed by atoms with van der Waals surface area (Å²) in [4.78, 5) is 0. The Bertz CT molecular complexity index is 647. The molecule has 15 heteroatoms. The smallest absolute Gasteiger partial charge is 0.460 e. The normalized spacial score (nSPS) is 17.0. The molecule has 1 atom stereocenters. The molecule has 0 bridgehead atoms. The van der Waals surface area contributed by atoms with Gasteiger partial charge in [0, 0.05) is 0 Å². The first kappa shape index (κ1) is 29.8. The summed E-state index contributed by atoms with van der Waals surface area (Å²) in [6, 6.07) is 0. The maximum absolute atomic E-state index is 14.5. The van der Waals surface area contributed by atoms with Crippen molar-refractivity contribution in [2.24, 2.45) is 5.92 Å². The Labute approximate surface area is 170 Å². The molecule has 0 aliphatic carbocycles. The molecule has 0 heterocycles. The molecule has 1 unspecified atom stereocenters. The van der Waals surface area contributed by atoms with Crippen LogP contribution < -0.4 is 0 Å². The molecule has 0 saturated heterocycles. The molecule has 0 fully saturated rings. The van der Waals surface area contributed by atoms with Crippen LogP contribution in [0.5, 0.6) is 0 Å². The Hall–Kier alpha value is -1.15. The predicted octanol–water partition coefficient (Wildman–Crippen LogP) is 7.90. The monoisotopic (exact) mass is 504 g/mol. The van der Waals surface area contributed by atoms with Crippen molar-refractivity contribution in [1.82, 2.24) is 0 Å². The number of hydrogen-bond acceptors (Lipinski definition) is 1. The van der Waals surface area contributed by atoms with Crippen LogP contribution in [0.15, 0.2) is 11.8 Å². The molecule has 0 saturated carbocycles. The van der Waals surface area contributed by atoms with Crippen LogP contribution >= 0.6 is 0 Å². The lowest BCUT2D eigenvalue weighted by atomic mass is 9.85. The minimum Gasteiger partial charge on any atom is -0.547 e. The second kappa shape index (κ2) is 8.65. The number of rotatable bonds is 10. The molecule has 186 valence electrons. The van der Waals surface area contributed by atoms with Crippen molar-refractivity contribution >= 4 is 8.32 Å². The van der Waals surface area contributed by atoms with E-state index in [1.807, 2.05) is 0 Å². The largest absolute Gasteiger partial charge is 0.547 e. The van der Waals surface area contributed by atoms with Crippen molar-refractivity contribution in [2.75, 3.05) is 0 Å². The van der Waals surface area contributed by atoms with E-state index in [-0.39, 0.29) is 6.42 Å². The minimum atomic E-state index is -7.91. The van der Waals surface area contributed by atoms with Gasteiger partial charge in [-0.15, -0.1) is 0 Å². The zero-order chi connectivity index (χ0) is 25.5. The summed E-state index contributed by atoms with van der Waals surface area (Å²) < 4.78 is 179. The van der Waals surface area contributed by atoms with E-state index < -0.39 is 62.2 Å². The maximum Gasteiger partial charge on any atom is 0.460 e. The topological polar surface area (TPSA) is 9.23 Å². The summed E-state index contributed by atoms with van der Waals surface area (Å²) in [7, 11) is -2.86. The van der Waals surface area contributed by atoms with Gasteiger partial charge in [0.2, 0.25) is 8.32 Å². The molecule has 0 N–H and O–H groups in total. The molecule has 0 spiro atoms. The van der Waals surface area contributed by atoms with E-state index >= 15 is 0 Å². The van der Waals surface area contributed by atoms with Crippen LogP contribution in [0.2, 0.25) is 19.6 Å². The van der Waals surface area contributed by atoms with Gasteiger partial charge >= 0.3 is 35.8 Å². The van der Waals surface area contributed by atoms with E-state index in [9.17, 15) is 57.1 Å². The third-order valence-corrected chi connectivity index (χ3v) is 4.82. The van der Waals surface area contributed by atoms with Crippen LogP contribution in [-0.4, -0.2) is 44.1 Å². The summed E-state index contributed by atoms with van der Waals surface area (Å²) in [6.07, 6.45) is -7.91. The van der Waals surface area contributed by atoms with Gasteiger partial charge in [0.1, 0.15) is 0 Å². The van der Waals surface area contributed by atoms with Gasteiger partial charge in [-0.2, -0.15) is 57.1 Å². The highest BCUT2D eigenvalue weighted by Crippen LogP contribution is 2.62. The lowest BCUT2D eigenvalue weighted by Crippen LogP contribution is -2.71. The summed E-state index contributed by atoms with van der Waals surface area (Å²) >= 11 is 0. The molecule has 0 aliphatic rings. The second-order valence-corrected chi connectivity index (χ2v) is 12.0. The number of hydrogen-bond donors (Lipinski definition) is 0. The summed E-state index contributed by atoms with van der Waals surface area (Å²) in [5.41, 5.74) is 0. The van der Waals surface area contributed by atoms with Gasteiger partial charge in [-0.1, -0.05) is 13.8 Å². The van der Waals surface area contributed by atoms with E-state index in [2.05, 4.69) is 0 Å². The molecule has 0 aromatic carbocycles. The Kier molecular flexibility index (Phi) is 8.33. The van der Waals surface area contributed by atoms with Gasteiger partial charge in [0.15, 0.2) is 0 Å². The number of alkyl halides is 13. The molecule has 0 aliphatic heterocycles. The van der Waals surface area contributed by atoms with Crippen molar-refractivity contribution in [3.63, 3.8) is 0 Å². The standard InChI is InChI=1S/C16H21F13OSi/c1-6-8-10(30-31(3,4)5)9(7-2)11(17,18)12(19,20)13(21,22)14(23,24)15(25,26)16(27,28)29/h8-9H,6-7H2,1-5H3/b10-8-. The molecule has 31 heavy (non-hydrogen) atoms. The number of allylic oxidation sites excluding steroid dienone is 2. The van der Waals surface area contributed by atoms with Gasteiger partial charge in [0.25, 0.3) is 0 Å². The van der Waals surface area contributed by atoms with Crippen LogP contribution in [0.1, 0.15) is 26.7 Å². The van der Waals surface area contributed by atoms with Crippen molar-refractivity contribution in [2.45, 2.75) is 82.1 Å². The van der Waals surface area contributed by atoms with Crippen molar-refractivity contribution in [3.8, 4) is 0 Å². The molecule has 0 radical (unpaired) electrons. The fraction of sp³-hybridized carbons (Fsp3) is 0.875. The van der Waals surface area contributed by atoms with E-state index in [0.717, 1.165) is 13.0 Å². The van der Waals surface area contributed by atoms with Crippen molar-refractivity contribution in [3.05, 3.63) is 11.8 Å². The summed E-state index contributed by atoms with van der Waals surface area (Å²) in [5.74, 6) is -41.0. The molecule has 0 aromatic heterocycles. The van der Waals surface area contributed by atoms with E-state index in [1.54, 1.807) is 0 Å². The molecule has 0 amide bonds. The average Bonchev–Trinajstić information content (AvgIpc) is 2.52. The lowest BCUT2D eigenvalue weighted by Gasteiger charge is -2.42. The van der Waals surface area contributed by atoms with Gasteiger partial charge in [-0.05, 0) is 38.6 Å². The second-order valence-electron chi connectivity index (χ2n) is 7.61. The van der Waals surface area contributed by atoms with Crippen LogP contribution in [-0.2, 0) is 4.43 Å². The Morgan fingerprint density at radius 2 is 1.10 bits per heavy atom. The highest BCUT2D eigenvalue weighted by Gasteiger charge is 2.91. The molecule has 1 nitrogen and oxygen atoms in total. The fourth-order valence-corrected chi connectivity index (χ4v) is 3.38. The Balaban J connectivity index is 6.68. The molecule has 0 aromatic rings. The van der Waals surface area contributed by atoms with Gasteiger partial charge in [-0.25, -0.2) is 0 Å². The third-order valence-electron chi connectivity index (χ3n) is 3.98. The fourth-order valence-electron chi connectivity index (χ4n) is 2.45. The van der Waals surface area contributed by atoms with E-state index in [1.165, 1.54) is 26.6 Å². The van der Waals surface area contributed by atoms with Crippen LogP contribution in [0.4, 0.5) is 57.1 Å². The number of halogens is 13. The first-order chi connectivity index (χ1) is 13.4. The molecular weight excluding hydrogens is 483 g/mol. The van der Waals surface area contributed by atoms with Crippen molar-refractivity contribution in [1.29, 1.82) is 0 Å². The maximum atomic E-state index is 14.5.